The van der Waals surface area contributed by atoms with Gasteiger partial charge in [0.25, 0.3) is 0 Å². The van der Waals surface area contributed by atoms with Gasteiger partial charge >= 0.3 is 5.97 Å². The summed E-state index contributed by atoms with van der Waals surface area (Å²) in [4.78, 5) is 15.8. The van der Waals surface area contributed by atoms with Crippen molar-refractivity contribution in [3.05, 3.63) is 53.4 Å². The zero-order chi connectivity index (χ0) is 13.8. The van der Waals surface area contributed by atoms with E-state index in [1.165, 1.54) is 17.3 Å². The summed E-state index contributed by atoms with van der Waals surface area (Å²) in [7, 11) is 0. The predicted octanol–water partition coefficient (Wildman–Crippen LogP) is 3.54. The van der Waals surface area contributed by atoms with E-state index in [2.05, 4.69) is 18.5 Å². The molecule has 0 saturated heterocycles. The highest BCUT2D eigenvalue weighted by Gasteiger charge is 2.24. The van der Waals surface area contributed by atoms with Gasteiger partial charge in [0.1, 0.15) is 6.61 Å². The lowest BCUT2D eigenvalue weighted by atomic mass is 9.94. The fraction of sp³-hybridized carbons (Fsp3) is 0.375. The maximum atomic E-state index is 11.9. The molecule has 1 aromatic rings. The molecule has 1 heterocycles. The van der Waals surface area contributed by atoms with Gasteiger partial charge in [-0.25, -0.2) is 4.79 Å². The highest BCUT2D eigenvalue weighted by molar-refractivity contribution is 5.89. The summed E-state index contributed by atoms with van der Waals surface area (Å²) in [6.07, 6.45) is 5.31. The smallest absolute Gasteiger partial charge is 0.340 e. The molecule has 1 aromatic heterocycles. The Labute approximate surface area is 114 Å². The Kier molecular flexibility index (Phi) is 4.15. The topological polar surface area (TPSA) is 39.2 Å². The summed E-state index contributed by atoms with van der Waals surface area (Å²) in [6, 6.07) is 3.44. The molecular formula is C16H19NO2. The molecule has 0 aromatic carbocycles. The van der Waals surface area contributed by atoms with Gasteiger partial charge in [-0.2, -0.15) is 0 Å². The Morgan fingerprint density at radius 3 is 3.00 bits per heavy atom. The fourth-order valence-electron chi connectivity index (χ4n) is 2.47. The van der Waals surface area contributed by atoms with E-state index in [9.17, 15) is 4.79 Å². The van der Waals surface area contributed by atoms with Crippen LogP contribution >= 0.6 is 0 Å². The molecule has 1 unspecified atom stereocenters. The third-order valence-corrected chi connectivity index (χ3v) is 3.63. The Hall–Kier alpha value is -1.90. The lowest BCUT2D eigenvalue weighted by Gasteiger charge is -2.15. The molecule has 0 spiro atoms. The first-order valence-corrected chi connectivity index (χ1v) is 6.50. The van der Waals surface area contributed by atoms with Crippen molar-refractivity contribution < 1.29 is 9.53 Å². The second-order valence-corrected chi connectivity index (χ2v) is 5.06. The molecule has 0 amide bonds. The van der Waals surface area contributed by atoms with Crippen molar-refractivity contribution in [3.8, 4) is 0 Å². The van der Waals surface area contributed by atoms with E-state index >= 15 is 0 Å². The van der Waals surface area contributed by atoms with Crippen LogP contribution in [0.3, 0.4) is 0 Å². The van der Waals surface area contributed by atoms with Gasteiger partial charge in [-0.1, -0.05) is 17.7 Å². The van der Waals surface area contributed by atoms with Crippen LogP contribution in [0, 0.1) is 5.92 Å². The summed E-state index contributed by atoms with van der Waals surface area (Å²) < 4.78 is 5.38. The molecule has 0 bridgehead atoms. The van der Waals surface area contributed by atoms with Gasteiger partial charge < -0.3 is 4.74 Å². The maximum absolute atomic E-state index is 11.9. The Bertz CT molecular complexity index is 517. The third kappa shape index (κ3) is 3.11. The van der Waals surface area contributed by atoms with Crippen LogP contribution in [0.4, 0.5) is 0 Å². The van der Waals surface area contributed by atoms with Gasteiger partial charge in [0.15, 0.2) is 0 Å². The lowest BCUT2D eigenvalue weighted by molar-refractivity contribution is 0.0533. The first kappa shape index (κ1) is 13.5. The highest BCUT2D eigenvalue weighted by atomic mass is 16.5. The molecule has 0 aliphatic heterocycles. The SMILES string of the molecule is C=C(C)C1CCC(C)=C1COC(=O)c1cccnc1. The lowest BCUT2D eigenvalue weighted by Crippen LogP contribution is -2.12. The zero-order valence-electron chi connectivity index (χ0n) is 11.5. The molecule has 0 N–H and O–H groups in total. The van der Waals surface area contributed by atoms with Gasteiger partial charge in [0, 0.05) is 18.3 Å². The fourth-order valence-corrected chi connectivity index (χ4v) is 2.47. The molecule has 2 rings (SSSR count). The largest absolute Gasteiger partial charge is 0.458 e. The van der Waals surface area contributed by atoms with E-state index in [-0.39, 0.29) is 5.97 Å². The molecule has 3 heteroatoms. The van der Waals surface area contributed by atoms with E-state index in [4.69, 9.17) is 4.74 Å². The summed E-state index contributed by atoms with van der Waals surface area (Å²) in [5, 5.41) is 0. The van der Waals surface area contributed by atoms with Gasteiger partial charge in [-0.15, -0.1) is 0 Å². The number of ether oxygens (including phenoxy) is 1. The first-order chi connectivity index (χ1) is 9.09. The molecular weight excluding hydrogens is 238 g/mol. The average Bonchev–Trinajstić information content (AvgIpc) is 2.78. The number of esters is 1. The van der Waals surface area contributed by atoms with Crippen LogP contribution in [0.1, 0.15) is 37.0 Å². The molecule has 0 fully saturated rings. The minimum atomic E-state index is -0.319. The summed E-state index contributed by atoms with van der Waals surface area (Å²) in [5.41, 5.74) is 4.17. The first-order valence-electron chi connectivity index (χ1n) is 6.50. The molecule has 19 heavy (non-hydrogen) atoms. The maximum Gasteiger partial charge on any atom is 0.340 e. The van der Waals surface area contributed by atoms with Crippen molar-refractivity contribution in [3.63, 3.8) is 0 Å². The molecule has 0 saturated carbocycles. The number of rotatable bonds is 4. The number of carbonyl (C=O) groups is 1. The molecule has 3 nitrogen and oxygen atoms in total. The Balaban J connectivity index is 2.01. The summed E-state index contributed by atoms with van der Waals surface area (Å²) >= 11 is 0. The molecule has 1 atom stereocenters. The van der Waals surface area contributed by atoms with Crippen LogP contribution in [0.5, 0.6) is 0 Å². The third-order valence-electron chi connectivity index (χ3n) is 3.63. The average molecular weight is 257 g/mol. The molecule has 1 aliphatic rings. The number of pyridine rings is 1. The molecule has 100 valence electrons. The van der Waals surface area contributed by atoms with Crippen molar-refractivity contribution in [2.75, 3.05) is 6.61 Å². The van der Waals surface area contributed by atoms with Gasteiger partial charge in [-0.05, 0) is 44.4 Å². The van der Waals surface area contributed by atoms with Gasteiger partial charge in [0.2, 0.25) is 0 Å². The van der Waals surface area contributed by atoms with Crippen molar-refractivity contribution in [2.45, 2.75) is 26.7 Å². The van der Waals surface area contributed by atoms with Crippen molar-refractivity contribution >= 4 is 5.97 Å². The second kappa shape index (κ2) is 5.83. The number of carbonyl (C=O) groups excluding carboxylic acids is 1. The summed E-state index contributed by atoms with van der Waals surface area (Å²) in [5.74, 6) is 0.0439. The van der Waals surface area contributed by atoms with Crippen molar-refractivity contribution in [1.82, 2.24) is 4.98 Å². The highest BCUT2D eigenvalue weighted by Crippen LogP contribution is 2.35. The van der Waals surface area contributed by atoms with Crippen molar-refractivity contribution in [2.24, 2.45) is 5.92 Å². The second-order valence-electron chi connectivity index (χ2n) is 5.06. The van der Waals surface area contributed by atoms with Crippen LogP contribution in [0.25, 0.3) is 0 Å². The van der Waals surface area contributed by atoms with Gasteiger partial charge in [0.05, 0.1) is 5.56 Å². The Morgan fingerprint density at radius 1 is 1.58 bits per heavy atom. The normalized spacial score (nSPS) is 18.5. The number of allylic oxidation sites excluding steroid dienone is 2. The van der Waals surface area contributed by atoms with E-state index in [0.29, 0.717) is 18.1 Å². The number of hydrogen-bond acceptors (Lipinski definition) is 3. The van der Waals surface area contributed by atoms with E-state index < -0.39 is 0 Å². The van der Waals surface area contributed by atoms with Crippen molar-refractivity contribution in [1.29, 1.82) is 0 Å². The molecule has 1 aliphatic carbocycles. The number of aromatic nitrogens is 1. The van der Waals surface area contributed by atoms with Crippen LogP contribution in [-0.2, 0) is 4.74 Å². The van der Waals surface area contributed by atoms with E-state index in [0.717, 1.165) is 18.4 Å². The predicted molar refractivity (Wildman–Crippen MR) is 74.8 cm³/mol. The number of hydrogen-bond donors (Lipinski definition) is 0. The van der Waals surface area contributed by atoms with Crippen LogP contribution in [0.2, 0.25) is 0 Å². The monoisotopic (exact) mass is 257 g/mol. The summed E-state index contributed by atoms with van der Waals surface area (Å²) in [6.45, 7) is 8.52. The standard InChI is InChI=1S/C16H19NO2/c1-11(2)14-7-6-12(3)15(14)10-19-16(18)13-5-4-8-17-9-13/h4-5,8-9,14H,1,6-7,10H2,2-3H3. The van der Waals surface area contributed by atoms with Gasteiger partial charge in [-0.3, -0.25) is 4.98 Å². The quantitative estimate of drug-likeness (QED) is 0.611. The Morgan fingerprint density at radius 2 is 2.37 bits per heavy atom. The minimum Gasteiger partial charge on any atom is -0.458 e. The number of nitrogens with zero attached hydrogens (tertiary/aromatic N) is 1. The van der Waals surface area contributed by atoms with E-state index in [1.54, 1.807) is 18.3 Å². The minimum absolute atomic E-state index is 0.319. The molecule has 0 radical (unpaired) electrons. The van der Waals surface area contributed by atoms with Crippen LogP contribution in [0.15, 0.2) is 47.8 Å². The van der Waals surface area contributed by atoms with E-state index in [1.807, 2.05) is 6.92 Å². The van der Waals surface area contributed by atoms with Crippen LogP contribution in [-0.4, -0.2) is 17.6 Å². The van der Waals surface area contributed by atoms with Crippen LogP contribution < -0.4 is 0 Å². The zero-order valence-corrected chi connectivity index (χ0v) is 11.5.